The third kappa shape index (κ3) is 4.68. The van der Waals surface area contributed by atoms with Crippen molar-refractivity contribution in [2.45, 2.75) is 6.92 Å². The van der Waals surface area contributed by atoms with Crippen LogP contribution in [0, 0.1) is 6.92 Å². The Labute approximate surface area is 227 Å². The van der Waals surface area contributed by atoms with Crippen LogP contribution in [0.2, 0.25) is 0 Å². The molecule has 0 saturated carbocycles. The van der Waals surface area contributed by atoms with E-state index >= 15 is 0 Å². The molecule has 2 aliphatic rings. The molecule has 11 nitrogen and oxygen atoms in total. The van der Waals surface area contributed by atoms with Crippen molar-refractivity contribution < 1.29 is 0 Å². The van der Waals surface area contributed by atoms with Gasteiger partial charge in [-0.05, 0) is 55.1 Å². The number of benzene rings is 2. The Morgan fingerprint density at radius 3 is 2.69 bits per heavy atom. The van der Waals surface area contributed by atoms with Crippen molar-refractivity contribution in [2.75, 3.05) is 55.0 Å². The number of nitrogens with zero attached hydrogens (tertiary/aromatic N) is 9. The summed E-state index contributed by atoms with van der Waals surface area (Å²) in [5.74, 6) is 1.76. The fourth-order valence-corrected chi connectivity index (χ4v) is 5.07. The van der Waals surface area contributed by atoms with Crippen molar-refractivity contribution in [3.8, 4) is 11.4 Å². The molecule has 0 unspecified atom stereocenters. The van der Waals surface area contributed by atoms with Gasteiger partial charge in [0.05, 0.1) is 23.5 Å². The molecule has 0 bridgehead atoms. The lowest BCUT2D eigenvalue weighted by molar-refractivity contribution is 0.312. The van der Waals surface area contributed by atoms with Gasteiger partial charge in [0.15, 0.2) is 5.82 Å². The third-order valence-electron chi connectivity index (χ3n) is 7.13. The topological polar surface area (TPSA) is 105 Å². The predicted molar refractivity (Wildman–Crippen MR) is 154 cm³/mol. The van der Waals surface area contributed by atoms with E-state index in [1.54, 1.807) is 0 Å². The number of anilines is 5. The monoisotopic (exact) mass is 521 g/mol. The minimum Gasteiger partial charge on any atom is -0.369 e. The van der Waals surface area contributed by atoms with E-state index in [4.69, 9.17) is 4.98 Å². The molecule has 0 aliphatic carbocycles. The number of likely N-dealkylation sites (N-methyl/N-ethyl adjacent to an activating group) is 1. The highest BCUT2D eigenvalue weighted by Gasteiger charge is 2.33. The summed E-state index contributed by atoms with van der Waals surface area (Å²) in [6, 6.07) is 14.3. The van der Waals surface area contributed by atoms with E-state index in [0.717, 1.165) is 60.2 Å². The van der Waals surface area contributed by atoms with Crippen LogP contribution in [0.3, 0.4) is 0 Å². The number of fused-ring (bicyclic) bond motifs is 1. The van der Waals surface area contributed by atoms with Gasteiger partial charge in [-0.1, -0.05) is 24.8 Å². The van der Waals surface area contributed by atoms with Crippen LogP contribution in [0.25, 0.3) is 17.1 Å². The Kier molecular flexibility index (Phi) is 6.41. The van der Waals surface area contributed by atoms with Crippen molar-refractivity contribution in [1.82, 2.24) is 40.5 Å². The number of aryl methyl sites for hydroxylation is 1. The third-order valence-corrected chi connectivity index (χ3v) is 7.13. The van der Waals surface area contributed by atoms with Gasteiger partial charge in [0.25, 0.3) is 0 Å². The number of hydrogen-bond acceptors (Lipinski definition) is 10. The fraction of sp³-hybridized carbons (Fsp3) is 0.250. The Morgan fingerprint density at radius 2 is 1.95 bits per heavy atom. The Morgan fingerprint density at radius 1 is 1.10 bits per heavy atom. The van der Waals surface area contributed by atoms with Crippen LogP contribution in [0.15, 0.2) is 67.9 Å². The number of piperazine rings is 1. The van der Waals surface area contributed by atoms with Gasteiger partial charge in [0.1, 0.15) is 0 Å². The zero-order valence-electron chi connectivity index (χ0n) is 22.2. The van der Waals surface area contributed by atoms with Crippen molar-refractivity contribution in [3.63, 3.8) is 0 Å². The molecule has 39 heavy (non-hydrogen) atoms. The Bertz CT molecular complexity index is 1510. The van der Waals surface area contributed by atoms with Gasteiger partial charge < -0.3 is 15.1 Å². The minimum atomic E-state index is 0.507. The lowest BCUT2D eigenvalue weighted by atomic mass is 10.1. The highest BCUT2D eigenvalue weighted by molar-refractivity contribution is 5.84. The number of aromatic nitrogens is 6. The van der Waals surface area contributed by atoms with Crippen LogP contribution in [0.5, 0.6) is 0 Å². The lowest BCUT2D eigenvalue weighted by Crippen LogP contribution is -2.44. The molecule has 1 saturated heterocycles. The molecule has 2 aromatic carbocycles. The maximum atomic E-state index is 4.93. The second-order valence-corrected chi connectivity index (χ2v) is 9.76. The van der Waals surface area contributed by atoms with Gasteiger partial charge in [0.2, 0.25) is 11.8 Å². The second kappa shape index (κ2) is 10.2. The summed E-state index contributed by atoms with van der Waals surface area (Å²) >= 11 is 0. The van der Waals surface area contributed by atoms with Crippen LogP contribution >= 0.6 is 0 Å². The smallest absolute Gasteiger partial charge is 0.229 e. The van der Waals surface area contributed by atoms with Crippen LogP contribution < -0.4 is 15.2 Å². The number of H-pyrrole nitrogens is 1. The van der Waals surface area contributed by atoms with Crippen LogP contribution in [-0.4, -0.2) is 80.3 Å². The highest BCUT2D eigenvalue weighted by Crippen LogP contribution is 2.42. The SMILES string of the molecule is C=CCN1C(=C)c2cnc(Nc3ccc(N4CCN(C)CC4)c(C)c3)nc2N1c1cccc(-c2nn[nH]n2)c1. The number of rotatable bonds is 7. The van der Waals surface area contributed by atoms with Gasteiger partial charge >= 0.3 is 0 Å². The van der Waals surface area contributed by atoms with Gasteiger partial charge in [-0.3, -0.25) is 5.01 Å². The molecule has 2 aliphatic heterocycles. The summed E-state index contributed by atoms with van der Waals surface area (Å²) in [4.78, 5) is 14.4. The number of hydrogen-bond donors (Lipinski definition) is 2. The number of hydrazine groups is 1. The molecule has 1 fully saturated rings. The summed E-state index contributed by atoms with van der Waals surface area (Å²) in [6.45, 7) is 15.2. The normalized spacial score (nSPS) is 15.5. The molecule has 0 atom stereocenters. The highest BCUT2D eigenvalue weighted by atomic mass is 15.7. The maximum absolute atomic E-state index is 4.93. The summed E-state index contributed by atoms with van der Waals surface area (Å²) in [5, 5.41) is 21.9. The van der Waals surface area contributed by atoms with E-state index in [0.29, 0.717) is 18.3 Å². The lowest BCUT2D eigenvalue weighted by Gasteiger charge is -2.35. The summed E-state index contributed by atoms with van der Waals surface area (Å²) < 4.78 is 0. The summed E-state index contributed by atoms with van der Waals surface area (Å²) in [7, 11) is 2.17. The fourth-order valence-electron chi connectivity index (χ4n) is 5.07. The molecule has 2 aromatic heterocycles. The maximum Gasteiger partial charge on any atom is 0.229 e. The Balaban J connectivity index is 1.30. The van der Waals surface area contributed by atoms with Gasteiger partial charge in [-0.15, -0.1) is 16.8 Å². The van der Waals surface area contributed by atoms with Crippen molar-refractivity contribution in [2.24, 2.45) is 0 Å². The van der Waals surface area contributed by atoms with E-state index in [9.17, 15) is 0 Å². The molecule has 2 N–H and O–H groups in total. The molecule has 6 rings (SSSR count). The molecule has 0 spiro atoms. The van der Waals surface area contributed by atoms with Crippen LogP contribution in [-0.2, 0) is 0 Å². The molecule has 0 amide bonds. The average Bonchev–Trinajstić information content (AvgIpc) is 3.57. The van der Waals surface area contributed by atoms with Crippen molar-refractivity contribution in [3.05, 3.63) is 79.0 Å². The van der Waals surface area contributed by atoms with Crippen molar-refractivity contribution in [1.29, 1.82) is 0 Å². The molecule has 4 aromatic rings. The summed E-state index contributed by atoms with van der Waals surface area (Å²) in [5.41, 5.74) is 6.81. The van der Waals surface area contributed by atoms with Gasteiger partial charge in [0, 0.05) is 49.3 Å². The average molecular weight is 522 g/mol. The first-order valence-corrected chi connectivity index (χ1v) is 12.9. The zero-order chi connectivity index (χ0) is 26.9. The molecule has 0 radical (unpaired) electrons. The zero-order valence-corrected chi connectivity index (χ0v) is 22.2. The molecule has 11 heteroatoms. The number of nitrogens with one attached hydrogen (secondary N) is 2. The van der Waals surface area contributed by atoms with E-state index in [-0.39, 0.29) is 0 Å². The van der Waals surface area contributed by atoms with E-state index in [1.165, 1.54) is 11.3 Å². The summed E-state index contributed by atoms with van der Waals surface area (Å²) in [6.07, 6.45) is 3.65. The minimum absolute atomic E-state index is 0.507. The number of tetrazole rings is 1. The standard InChI is InChI=1S/C28H31N11/c1-5-11-38-20(3)24-18-29-28(30-22-9-10-25(19(2)16-22)37-14-12-36(4)13-15-37)31-27(24)39(38)23-8-6-7-21(17-23)26-32-34-35-33-26/h5-10,16-18H,1,3,11-15H2,2,4H3,(H,29,30,31)(H,32,33,34,35). The Hall–Kier alpha value is -4.77. The molecule has 4 heterocycles. The molecule has 198 valence electrons. The van der Waals surface area contributed by atoms with Crippen LogP contribution in [0.4, 0.5) is 28.8 Å². The predicted octanol–water partition coefficient (Wildman–Crippen LogP) is 3.99. The number of aromatic amines is 1. The van der Waals surface area contributed by atoms with Gasteiger partial charge in [-0.2, -0.15) is 10.2 Å². The van der Waals surface area contributed by atoms with Crippen molar-refractivity contribution >= 4 is 34.5 Å². The van der Waals surface area contributed by atoms with Crippen LogP contribution in [0.1, 0.15) is 11.1 Å². The first kappa shape index (κ1) is 24.6. The van der Waals surface area contributed by atoms with E-state index < -0.39 is 0 Å². The first-order chi connectivity index (χ1) is 19.0. The first-order valence-electron chi connectivity index (χ1n) is 12.9. The van der Waals surface area contributed by atoms with E-state index in [1.807, 2.05) is 46.6 Å². The quantitative estimate of drug-likeness (QED) is 0.347. The second-order valence-electron chi connectivity index (χ2n) is 9.76. The van der Waals surface area contributed by atoms with Gasteiger partial charge in [-0.25, -0.2) is 9.99 Å². The largest absolute Gasteiger partial charge is 0.369 e. The molecular formula is C28H31N11. The molecular weight excluding hydrogens is 490 g/mol. The van der Waals surface area contributed by atoms with E-state index in [2.05, 4.69) is 86.1 Å².